The Labute approximate surface area is 103 Å². The van der Waals surface area contributed by atoms with Crippen molar-refractivity contribution in [2.45, 2.75) is 6.54 Å². The van der Waals surface area contributed by atoms with Crippen LogP contribution in [-0.4, -0.2) is 21.9 Å². The molecule has 3 rings (SSSR count). The van der Waals surface area contributed by atoms with E-state index in [1.165, 1.54) is 6.07 Å². The van der Waals surface area contributed by atoms with Crippen LogP contribution in [0.15, 0.2) is 30.6 Å². The second kappa shape index (κ2) is 3.76. The Balaban J connectivity index is 2.32. The number of para-hydroxylation sites is 1. The van der Waals surface area contributed by atoms with Crippen molar-refractivity contribution in [3.05, 3.63) is 46.4 Å². The zero-order valence-corrected chi connectivity index (χ0v) is 9.70. The third-order valence-electron chi connectivity index (χ3n) is 3.01. The maximum Gasteiger partial charge on any atom is 0.293 e. The summed E-state index contributed by atoms with van der Waals surface area (Å²) in [5.41, 5.74) is 3.05. The number of nitro groups is 1. The maximum atomic E-state index is 11.1. The lowest BCUT2D eigenvalue weighted by Crippen LogP contribution is -2.24. The minimum absolute atomic E-state index is 0.103. The average molecular weight is 242 g/mol. The summed E-state index contributed by atoms with van der Waals surface area (Å²) in [6.07, 6.45) is 3.24. The fourth-order valence-electron chi connectivity index (χ4n) is 2.28. The van der Waals surface area contributed by atoms with Gasteiger partial charge in [-0.3, -0.25) is 20.1 Å². The van der Waals surface area contributed by atoms with Gasteiger partial charge in [-0.05, 0) is 0 Å². The normalized spacial score (nSPS) is 12.8. The van der Waals surface area contributed by atoms with Gasteiger partial charge in [0, 0.05) is 31.1 Å². The summed E-state index contributed by atoms with van der Waals surface area (Å²) in [5, 5.41) is 11.1. The molecular formula is C12H10N4O2. The van der Waals surface area contributed by atoms with Gasteiger partial charge in [-0.15, -0.1) is 0 Å². The van der Waals surface area contributed by atoms with E-state index in [2.05, 4.69) is 9.97 Å². The first kappa shape index (κ1) is 10.6. The molecule has 0 bridgehead atoms. The summed E-state index contributed by atoms with van der Waals surface area (Å²) >= 11 is 0. The van der Waals surface area contributed by atoms with Crippen LogP contribution in [0.1, 0.15) is 5.69 Å². The molecule has 6 nitrogen and oxygen atoms in total. The molecule has 1 aliphatic heterocycles. The molecule has 0 radical (unpaired) electrons. The van der Waals surface area contributed by atoms with Crippen molar-refractivity contribution in [2.75, 3.05) is 11.9 Å². The van der Waals surface area contributed by atoms with Crippen LogP contribution in [0.2, 0.25) is 0 Å². The van der Waals surface area contributed by atoms with Gasteiger partial charge in [-0.25, -0.2) is 0 Å². The summed E-state index contributed by atoms with van der Waals surface area (Å²) in [6.45, 7) is 0.529. The van der Waals surface area contributed by atoms with E-state index in [0.717, 1.165) is 17.0 Å². The summed E-state index contributed by atoms with van der Waals surface area (Å²) in [4.78, 5) is 21.1. The van der Waals surface area contributed by atoms with Gasteiger partial charge in [-0.1, -0.05) is 12.1 Å². The molecule has 0 amide bonds. The van der Waals surface area contributed by atoms with Crippen LogP contribution in [0.3, 0.4) is 0 Å². The zero-order chi connectivity index (χ0) is 12.7. The van der Waals surface area contributed by atoms with Gasteiger partial charge in [0.05, 0.1) is 22.9 Å². The van der Waals surface area contributed by atoms with E-state index in [4.69, 9.17) is 0 Å². The van der Waals surface area contributed by atoms with Crippen LogP contribution < -0.4 is 4.90 Å². The van der Waals surface area contributed by atoms with Crippen LogP contribution in [0, 0.1) is 10.1 Å². The molecule has 0 aliphatic carbocycles. The Hall–Kier alpha value is -2.50. The number of fused-ring (bicyclic) bond motifs is 3. The van der Waals surface area contributed by atoms with Crippen molar-refractivity contribution in [1.82, 2.24) is 9.97 Å². The third-order valence-corrected chi connectivity index (χ3v) is 3.01. The fourth-order valence-corrected chi connectivity index (χ4v) is 2.28. The third kappa shape index (κ3) is 1.42. The molecule has 0 unspecified atom stereocenters. The number of anilines is 1. The van der Waals surface area contributed by atoms with Gasteiger partial charge in [-0.2, -0.15) is 0 Å². The molecular weight excluding hydrogens is 232 g/mol. The van der Waals surface area contributed by atoms with Crippen LogP contribution in [0.5, 0.6) is 0 Å². The predicted molar refractivity (Wildman–Crippen MR) is 66.2 cm³/mol. The van der Waals surface area contributed by atoms with Gasteiger partial charge in [0.25, 0.3) is 5.69 Å². The number of aromatic nitrogens is 2. The van der Waals surface area contributed by atoms with Gasteiger partial charge in [0.15, 0.2) is 0 Å². The number of rotatable bonds is 1. The Morgan fingerprint density at radius 2 is 2.11 bits per heavy atom. The van der Waals surface area contributed by atoms with Crippen molar-refractivity contribution in [1.29, 1.82) is 0 Å². The molecule has 0 atom stereocenters. The van der Waals surface area contributed by atoms with Gasteiger partial charge >= 0.3 is 0 Å². The fraction of sp³-hybridized carbons (Fsp3) is 0.167. The monoisotopic (exact) mass is 242 g/mol. The summed E-state index contributed by atoms with van der Waals surface area (Å²) in [5.74, 6) is 0. The Bertz CT molecular complexity index is 642. The van der Waals surface area contributed by atoms with Crippen molar-refractivity contribution < 1.29 is 4.92 Å². The molecule has 1 aromatic carbocycles. The van der Waals surface area contributed by atoms with Gasteiger partial charge < -0.3 is 4.90 Å². The molecule has 2 aromatic rings. The quantitative estimate of drug-likeness (QED) is 0.565. The minimum Gasteiger partial charge on any atom is -0.363 e. The first-order valence-corrected chi connectivity index (χ1v) is 5.47. The van der Waals surface area contributed by atoms with E-state index in [1.807, 2.05) is 18.0 Å². The van der Waals surface area contributed by atoms with Crippen molar-refractivity contribution >= 4 is 11.4 Å². The molecule has 6 heteroatoms. The second-order valence-corrected chi connectivity index (χ2v) is 4.14. The first-order chi connectivity index (χ1) is 8.68. The minimum atomic E-state index is -0.364. The predicted octanol–water partition coefficient (Wildman–Crippen LogP) is 2.00. The molecule has 0 saturated carbocycles. The number of nitro benzene ring substituents is 1. The summed E-state index contributed by atoms with van der Waals surface area (Å²) in [6, 6.07) is 5.02. The highest BCUT2D eigenvalue weighted by molar-refractivity contribution is 5.86. The molecule has 1 aromatic heterocycles. The Morgan fingerprint density at radius 3 is 2.89 bits per heavy atom. The average Bonchev–Trinajstić information content (AvgIpc) is 2.38. The van der Waals surface area contributed by atoms with E-state index < -0.39 is 0 Å². The number of hydrogen-bond acceptors (Lipinski definition) is 5. The second-order valence-electron chi connectivity index (χ2n) is 4.14. The molecule has 18 heavy (non-hydrogen) atoms. The van der Waals surface area contributed by atoms with Crippen LogP contribution in [0.25, 0.3) is 11.3 Å². The lowest BCUT2D eigenvalue weighted by atomic mass is 10.0. The van der Waals surface area contributed by atoms with Crippen molar-refractivity contribution in [3.8, 4) is 11.3 Å². The highest BCUT2D eigenvalue weighted by Crippen LogP contribution is 2.41. The van der Waals surface area contributed by atoms with E-state index in [-0.39, 0.29) is 10.6 Å². The van der Waals surface area contributed by atoms with Crippen LogP contribution >= 0.6 is 0 Å². The number of hydrogen-bond donors (Lipinski definition) is 0. The summed E-state index contributed by atoms with van der Waals surface area (Å²) in [7, 11) is 1.82. The van der Waals surface area contributed by atoms with Crippen LogP contribution in [-0.2, 0) is 6.54 Å². The largest absolute Gasteiger partial charge is 0.363 e. The van der Waals surface area contributed by atoms with Gasteiger partial charge in [0.1, 0.15) is 5.69 Å². The Kier molecular flexibility index (Phi) is 2.22. The van der Waals surface area contributed by atoms with E-state index in [0.29, 0.717) is 12.2 Å². The molecule has 0 spiro atoms. The van der Waals surface area contributed by atoms with Crippen molar-refractivity contribution in [2.24, 2.45) is 0 Å². The number of nitrogens with zero attached hydrogens (tertiary/aromatic N) is 4. The standard InChI is InChI=1S/C12H10N4O2/c1-15-7-9-11(14-6-5-13-9)8-3-2-4-10(12(8)15)16(17)18/h2-6H,7H2,1H3. The topological polar surface area (TPSA) is 72.2 Å². The molecule has 2 heterocycles. The lowest BCUT2D eigenvalue weighted by molar-refractivity contribution is -0.384. The molecule has 90 valence electrons. The number of benzene rings is 1. The highest BCUT2D eigenvalue weighted by Gasteiger charge is 2.28. The van der Waals surface area contributed by atoms with E-state index >= 15 is 0 Å². The van der Waals surface area contributed by atoms with Crippen LogP contribution in [0.4, 0.5) is 11.4 Å². The molecule has 0 saturated heterocycles. The highest BCUT2D eigenvalue weighted by atomic mass is 16.6. The maximum absolute atomic E-state index is 11.1. The van der Waals surface area contributed by atoms with Crippen molar-refractivity contribution in [3.63, 3.8) is 0 Å². The molecule has 0 N–H and O–H groups in total. The van der Waals surface area contributed by atoms with Gasteiger partial charge in [0.2, 0.25) is 0 Å². The molecule has 0 fully saturated rings. The summed E-state index contributed by atoms with van der Waals surface area (Å²) < 4.78 is 0. The Morgan fingerprint density at radius 1 is 1.33 bits per heavy atom. The smallest absolute Gasteiger partial charge is 0.293 e. The van der Waals surface area contributed by atoms with E-state index in [1.54, 1.807) is 18.5 Å². The lowest BCUT2D eigenvalue weighted by Gasteiger charge is -2.27. The zero-order valence-electron chi connectivity index (χ0n) is 9.70. The SMILES string of the molecule is CN1Cc2nccnc2-c2cccc([N+](=O)[O-])c21. The first-order valence-electron chi connectivity index (χ1n) is 5.47. The van der Waals surface area contributed by atoms with E-state index in [9.17, 15) is 10.1 Å². The molecule has 1 aliphatic rings.